The van der Waals surface area contributed by atoms with Gasteiger partial charge in [-0.15, -0.1) is 11.3 Å². The Morgan fingerprint density at radius 1 is 1.30 bits per heavy atom. The molecule has 2 aromatic rings. The van der Waals surface area contributed by atoms with Gasteiger partial charge in [0.1, 0.15) is 10.7 Å². The van der Waals surface area contributed by atoms with Crippen LogP contribution < -0.4 is 10.5 Å². The summed E-state index contributed by atoms with van der Waals surface area (Å²) >= 11 is 1.25. The Morgan fingerprint density at radius 2 is 2.00 bits per heavy atom. The highest BCUT2D eigenvalue weighted by Crippen LogP contribution is 2.23. The first-order valence-corrected chi connectivity index (χ1v) is 7.84. The predicted molar refractivity (Wildman–Crippen MR) is 74.8 cm³/mol. The van der Waals surface area contributed by atoms with Crippen LogP contribution in [0.25, 0.3) is 0 Å². The number of sulfonamides is 1. The van der Waals surface area contributed by atoms with Crippen LogP contribution in [0.2, 0.25) is 0 Å². The largest absolute Gasteiger partial charge is 0.320 e. The molecule has 0 atom stereocenters. The monoisotopic (exact) mass is 314 g/mol. The Morgan fingerprint density at radius 3 is 2.55 bits per heavy atom. The lowest BCUT2D eigenvalue weighted by Gasteiger charge is -2.09. The standard InChI is InChI=1S/C12H11FN2O3S2/c1-7-2-4-10(19-7)12(16)15-9-6-8(13)3-5-11(9)20(14,17)18/h2-6H,1H3,(H,15,16)(H2,14,17,18). The molecule has 2 rings (SSSR count). The number of nitrogens with two attached hydrogens (primary N) is 1. The molecule has 106 valence electrons. The van der Waals surface area contributed by atoms with Crippen LogP contribution in [0.5, 0.6) is 0 Å². The summed E-state index contributed by atoms with van der Waals surface area (Å²) in [6.45, 7) is 1.83. The van der Waals surface area contributed by atoms with E-state index in [1.54, 1.807) is 12.1 Å². The lowest BCUT2D eigenvalue weighted by atomic mass is 10.3. The molecule has 0 saturated heterocycles. The van der Waals surface area contributed by atoms with E-state index in [1.165, 1.54) is 11.3 Å². The average Bonchev–Trinajstić information content (AvgIpc) is 2.74. The zero-order valence-corrected chi connectivity index (χ0v) is 12.0. The molecule has 5 nitrogen and oxygen atoms in total. The number of nitrogens with one attached hydrogen (secondary N) is 1. The van der Waals surface area contributed by atoms with E-state index in [0.717, 1.165) is 23.1 Å². The number of hydrogen-bond donors (Lipinski definition) is 2. The Labute approximate surface area is 119 Å². The molecular formula is C12H11FN2O3S2. The Balaban J connectivity index is 2.38. The topological polar surface area (TPSA) is 89.3 Å². The number of amides is 1. The number of hydrogen-bond acceptors (Lipinski definition) is 4. The molecule has 0 spiro atoms. The third-order valence-corrected chi connectivity index (χ3v) is 4.43. The van der Waals surface area contributed by atoms with Gasteiger partial charge in [0.05, 0.1) is 10.6 Å². The summed E-state index contributed by atoms with van der Waals surface area (Å²) in [6.07, 6.45) is 0. The Kier molecular flexibility index (Phi) is 3.89. The second kappa shape index (κ2) is 5.31. The minimum absolute atomic E-state index is 0.177. The first-order chi connectivity index (χ1) is 9.27. The van der Waals surface area contributed by atoms with Crippen LogP contribution in [-0.2, 0) is 10.0 Å². The molecule has 0 fully saturated rings. The molecule has 0 unspecified atom stereocenters. The molecule has 0 radical (unpaired) electrons. The van der Waals surface area contributed by atoms with Gasteiger partial charge in [-0.3, -0.25) is 4.79 Å². The van der Waals surface area contributed by atoms with Crippen molar-refractivity contribution in [1.29, 1.82) is 0 Å². The summed E-state index contributed by atoms with van der Waals surface area (Å²) < 4.78 is 36.0. The first-order valence-electron chi connectivity index (χ1n) is 5.47. The number of rotatable bonds is 3. The molecule has 0 aliphatic carbocycles. The molecular weight excluding hydrogens is 303 g/mol. The first kappa shape index (κ1) is 14.6. The third kappa shape index (κ3) is 3.21. The van der Waals surface area contributed by atoms with Gasteiger partial charge in [-0.25, -0.2) is 17.9 Å². The minimum Gasteiger partial charge on any atom is -0.320 e. The summed E-state index contributed by atoms with van der Waals surface area (Å²) in [6, 6.07) is 6.25. The molecule has 1 aromatic heterocycles. The molecule has 20 heavy (non-hydrogen) atoms. The van der Waals surface area contributed by atoms with E-state index in [4.69, 9.17) is 5.14 Å². The minimum atomic E-state index is -4.05. The highest BCUT2D eigenvalue weighted by Gasteiger charge is 2.17. The number of halogens is 1. The highest BCUT2D eigenvalue weighted by atomic mass is 32.2. The van der Waals surface area contributed by atoms with E-state index in [0.29, 0.717) is 4.88 Å². The molecule has 0 aliphatic heterocycles. The van der Waals surface area contributed by atoms with E-state index in [1.807, 2.05) is 6.92 Å². The van der Waals surface area contributed by atoms with Crippen molar-refractivity contribution in [3.63, 3.8) is 0 Å². The molecule has 0 aliphatic rings. The summed E-state index contributed by atoms with van der Waals surface area (Å²) in [5.74, 6) is -1.19. The van der Waals surface area contributed by atoms with Crippen molar-refractivity contribution in [3.05, 3.63) is 45.9 Å². The maximum Gasteiger partial charge on any atom is 0.265 e. The quantitative estimate of drug-likeness (QED) is 0.909. The molecule has 1 heterocycles. The van der Waals surface area contributed by atoms with Crippen molar-refractivity contribution < 1.29 is 17.6 Å². The summed E-state index contributed by atoms with van der Waals surface area (Å²) in [4.78, 5) is 13.0. The third-order valence-electron chi connectivity index (χ3n) is 2.46. The fraction of sp³-hybridized carbons (Fsp3) is 0.0833. The van der Waals surface area contributed by atoms with Gasteiger partial charge in [-0.2, -0.15) is 0 Å². The summed E-state index contributed by atoms with van der Waals surface area (Å²) in [7, 11) is -4.05. The molecule has 1 aromatic carbocycles. The van der Waals surface area contributed by atoms with Gasteiger partial charge in [0.25, 0.3) is 5.91 Å². The Bertz CT molecular complexity index is 769. The van der Waals surface area contributed by atoms with Crippen molar-refractivity contribution in [2.45, 2.75) is 11.8 Å². The van der Waals surface area contributed by atoms with Gasteiger partial charge in [0.15, 0.2) is 0 Å². The highest BCUT2D eigenvalue weighted by molar-refractivity contribution is 7.89. The van der Waals surface area contributed by atoms with Crippen LogP contribution in [0.4, 0.5) is 10.1 Å². The fourth-order valence-electron chi connectivity index (χ4n) is 1.59. The summed E-state index contributed by atoms with van der Waals surface area (Å²) in [5.41, 5.74) is -0.177. The van der Waals surface area contributed by atoms with E-state index in [-0.39, 0.29) is 10.6 Å². The lowest BCUT2D eigenvalue weighted by Crippen LogP contribution is -2.18. The SMILES string of the molecule is Cc1ccc(C(=O)Nc2cc(F)ccc2S(N)(=O)=O)s1. The maximum absolute atomic E-state index is 13.2. The number of carbonyl (C=O) groups excluding carboxylic acids is 1. The van der Waals surface area contributed by atoms with Gasteiger partial charge < -0.3 is 5.32 Å². The zero-order chi connectivity index (χ0) is 14.9. The van der Waals surface area contributed by atoms with Crippen LogP contribution in [0.3, 0.4) is 0 Å². The van der Waals surface area contributed by atoms with Crippen LogP contribution in [-0.4, -0.2) is 14.3 Å². The number of thiophene rings is 1. The van der Waals surface area contributed by atoms with Gasteiger partial charge in [0, 0.05) is 4.88 Å². The molecule has 3 N–H and O–H groups in total. The van der Waals surface area contributed by atoms with E-state index < -0.39 is 21.7 Å². The number of aryl methyl sites for hydroxylation is 1. The van der Waals surface area contributed by atoms with Crippen molar-refractivity contribution in [2.75, 3.05) is 5.32 Å². The van der Waals surface area contributed by atoms with Crippen LogP contribution in [0, 0.1) is 12.7 Å². The number of anilines is 1. The second-order valence-corrected chi connectivity index (χ2v) is 6.87. The number of benzene rings is 1. The van der Waals surface area contributed by atoms with Crippen molar-refractivity contribution in [1.82, 2.24) is 0 Å². The van der Waals surface area contributed by atoms with E-state index in [9.17, 15) is 17.6 Å². The Hall–Kier alpha value is -1.77. The van der Waals surface area contributed by atoms with Gasteiger partial charge in [0.2, 0.25) is 10.0 Å². The van der Waals surface area contributed by atoms with E-state index in [2.05, 4.69) is 5.32 Å². The van der Waals surface area contributed by atoms with Crippen LogP contribution in [0.15, 0.2) is 35.2 Å². The molecule has 0 saturated carbocycles. The van der Waals surface area contributed by atoms with Crippen LogP contribution in [0.1, 0.15) is 14.5 Å². The van der Waals surface area contributed by atoms with Gasteiger partial charge in [-0.05, 0) is 37.3 Å². The van der Waals surface area contributed by atoms with Gasteiger partial charge in [-0.1, -0.05) is 0 Å². The molecule has 0 bridgehead atoms. The van der Waals surface area contributed by atoms with Crippen molar-refractivity contribution in [3.8, 4) is 0 Å². The smallest absolute Gasteiger partial charge is 0.265 e. The number of primary sulfonamides is 1. The van der Waals surface area contributed by atoms with Crippen molar-refractivity contribution >= 4 is 33.0 Å². The fourth-order valence-corrected chi connectivity index (χ4v) is 3.03. The average molecular weight is 314 g/mol. The van der Waals surface area contributed by atoms with E-state index >= 15 is 0 Å². The molecule has 8 heteroatoms. The number of carbonyl (C=O) groups is 1. The summed E-state index contributed by atoms with van der Waals surface area (Å²) in [5, 5.41) is 7.39. The van der Waals surface area contributed by atoms with Crippen molar-refractivity contribution in [2.24, 2.45) is 5.14 Å². The lowest BCUT2D eigenvalue weighted by molar-refractivity contribution is 0.103. The zero-order valence-electron chi connectivity index (χ0n) is 10.4. The molecule has 1 amide bonds. The van der Waals surface area contributed by atoms with Crippen LogP contribution >= 0.6 is 11.3 Å². The normalized spacial score (nSPS) is 11.3. The second-order valence-electron chi connectivity index (χ2n) is 4.05. The predicted octanol–water partition coefficient (Wildman–Crippen LogP) is 2.10. The maximum atomic E-state index is 13.2. The van der Waals surface area contributed by atoms with Gasteiger partial charge >= 0.3 is 0 Å².